The Bertz CT molecular complexity index is 808. The molecule has 0 unspecified atom stereocenters. The Labute approximate surface area is 167 Å². The summed E-state index contributed by atoms with van der Waals surface area (Å²) in [5.74, 6) is 0.966. The molecule has 5 heteroatoms. The molecule has 1 N–H and O–H groups in total. The molecule has 150 valence electrons. The Morgan fingerprint density at radius 1 is 1.07 bits per heavy atom. The van der Waals surface area contributed by atoms with Crippen molar-refractivity contribution < 1.29 is 14.3 Å². The first kappa shape index (κ1) is 20.2. The first-order chi connectivity index (χ1) is 13.6. The molecule has 1 saturated heterocycles. The van der Waals surface area contributed by atoms with Crippen molar-refractivity contribution in [1.82, 2.24) is 10.2 Å². The minimum Gasteiger partial charge on any atom is -0.484 e. The van der Waals surface area contributed by atoms with Crippen LogP contribution in [0.1, 0.15) is 39.5 Å². The average molecular weight is 383 g/mol. The third-order valence-electron chi connectivity index (χ3n) is 5.60. The summed E-state index contributed by atoms with van der Waals surface area (Å²) in [7, 11) is 0. The highest BCUT2D eigenvalue weighted by Crippen LogP contribution is 2.21. The van der Waals surface area contributed by atoms with Gasteiger partial charge in [0.05, 0.1) is 0 Å². The Morgan fingerprint density at radius 2 is 1.75 bits per heavy atom. The van der Waals surface area contributed by atoms with Gasteiger partial charge in [0, 0.05) is 25.0 Å². The van der Waals surface area contributed by atoms with E-state index in [1.54, 1.807) is 0 Å². The van der Waals surface area contributed by atoms with Crippen molar-refractivity contribution in [3.8, 4) is 5.75 Å². The van der Waals surface area contributed by atoms with Crippen molar-refractivity contribution in [3.63, 3.8) is 0 Å². The molecule has 0 aliphatic carbocycles. The SMILES string of the molecule is CCC(CC)C(=O)N1CCC(NC(=O)COc2ccc3ccccc3c2)CC1. The van der Waals surface area contributed by atoms with E-state index in [9.17, 15) is 9.59 Å². The average Bonchev–Trinajstić information content (AvgIpc) is 2.73. The van der Waals surface area contributed by atoms with E-state index in [1.807, 2.05) is 47.4 Å². The van der Waals surface area contributed by atoms with Crippen molar-refractivity contribution >= 4 is 22.6 Å². The first-order valence-corrected chi connectivity index (χ1v) is 10.3. The van der Waals surface area contributed by atoms with Gasteiger partial charge in [0.1, 0.15) is 5.75 Å². The Balaban J connectivity index is 1.43. The van der Waals surface area contributed by atoms with Crippen LogP contribution in [0.2, 0.25) is 0 Å². The summed E-state index contributed by atoms with van der Waals surface area (Å²) in [4.78, 5) is 26.7. The molecule has 3 rings (SSSR count). The van der Waals surface area contributed by atoms with Crippen molar-refractivity contribution in [1.29, 1.82) is 0 Å². The molecule has 1 heterocycles. The van der Waals surface area contributed by atoms with Crippen LogP contribution >= 0.6 is 0 Å². The van der Waals surface area contributed by atoms with Crippen LogP contribution in [0.25, 0.3) is 10.8 Å². The predicted molar refractivity (Wildman–Crippen MR) is 111 cm³/mol. The number of nitrogens with one attached hydrogen (secondary N) is 1. The number of benzene rings is 2. The first-order valence-electron chi connectivity index (χ1n) is 10.3. The van der Waals surface area contributed by atoms with Gasteiger partial charge in [-0.05, 0) is 48.6 Å². The number of rotatable bonds is 7. The number of amides is 2. The largest absolute Gasteiger partial charge is 0.484 e. The lowest BCUT2D eigenvalue weighted by Gasteiger charge is -2.34. The monoisotopic (exact) mass is 382 g/mol. The van der Waals surface area contributed by atoms with Crippen LogP contribution < -0.4 is 10.1 Å². The standard InChI is InChI=1S/C23H30N2O3/c1-3-17(4-2)23(27)25-13-11-20(12-14-25)24-22(26)16-28-21-10-9-18-7-5-6-8-19(18)15-21/h5-10,15,17,20H,3-4,11-14,16H2,1-2H3,(H,24,26). The quantitative estimate of drug-likeness (QED) is 0.793. The van der Waals surface area contributed by atoms with E-state index in [0.717, 1.165) is 36.5 Å². The molecule has 1 aliphatic rings. The van der Waals surface area contributed by atoms with Crippen LogP contribution in [0, 0.1) is 5.92 Å². The lowest BCUT2D eigenvalue weighted by atomic mass is 9.98. The molecule has 0 spiro atoms. The molecule has 0 radical (unpaired) electrons. The zero-order valence-corrected chi connectivity index (χ0v) is 16.8. The fourth-order valence-corrected chi connectivity index (χ4v) is 3.82. The minimum absolute atomic E-state index is 0.00519. The summed E-state index contributed by atoms with van der Waals surface area (Å²) in [6.07, 6.45) is 3.37. The van der Waals surface area contributed by atoms with Crippen LogP contribution in [0.5, 0.6) is 5.75 Å². The number of piperidine rings is 1. The van der Waals surface area contributed by atoms with E-state index in [1.165, 1.54) is 0 Å². The second-order valence-electron chi connectivity index (χ2n) is 7.48. The highest BCUT2D eigenvalue weighted by Gasteiger charge is 2.27. The van der Waals surface area contributed by atoms with Crippen LogP contribution in [0.3, 0.4) is 0 Å². The second-order valence-corrected chi connectivity index (χ2v) is 7.48. The maximum Gasteiger partial charge on any atom is 0.258 e. The summed E-state index contributed by atoms with van der Waals surface area (Å²) in [5, 5.41) is 5.28. The minimum atomic E-state index is -0.113. The van der Waals surface area contributed by atoms with Crippen molar-refractivity contribution in [2.75, 3.05) is 19.7 Å². The van der Waals surface area contributed by atoms with Crippen LogP contribution in [0.4, 0.5) is 0 Å². The summed E-state index contributed by atoms with van der Waals surface area (Å²) in [6.45, 7) is 5.56. The van der Waals surface area contributed by atoms with Gasteiger partial charge in [0.25, 0.3) is 5.91 Å². The normalized spacial score (nSPS) is 15.0. The number of hydrogen-bond acceptors (Lipinski definition) is 3. The van der Waals surface area contributed by atoms with Gasteiger partial charge in [0.15, 0.2) is 6.61 Å². The van der Waals surface area contributed by atoms with Crippen molar-refractivity contribution in [2.45, 2.75) is 45.6 Å². The fraction of sp³-hybridized carbons (Fsp3) is 0.478. The highest BCUT2D eigenvalue weighted by atomic mass is 16.5. The van der Waals surface area contributed by atoms with Gasteiger partial charge in [-0.2, -0.15) is 0 Å². The summed E-state index contributed by atoms with van der Waals surface area (Å²) < 4.78 is 5.66. The molecule has 0 saturated carbocycles. The summed E-state index contributed by atoms with van der Waals surface area (Å²) in [5.41, 5.74) is 0. The van der Waals surface area contributed by atoms with E-state index in [2.05, 4.69) is 19.2 Å². The molecule has 0 bridgehead atoms. The van der Waals surface area contributed by atoms with Gasteiger partial charge in [-0.15, -0.1) is 0 Å². The van der Waals surface area contributed by atoms with Crippen molar-refractivity contribution in [3.05, 3.63) is 42.5 Å². The molecule has 2 amide bonds. The van der Waals surface area contributed by atoms with Gasteiger partial charge < -0.3 is 15.0 Å². The van der Waals surface area contributed by atoms with Gasteiger partial charge in [0.2, 0.25) is 5.91 Å². The highest BCUT2D eigenvalue weighted by molar-refractivity contribution is 5.84. The number of carbonyl (C=O) groups excluding carboxylic acids is 2. The van der Waals surface area contributed by atoms with Gasteiger partial charge in [-0.1, -0.05) is 44.2 Å². The lowest BCUT2D eigenvalue weighted by Crippen LogP contribution is -2.48. The smallest absolute Gasteiger partial charge is 0.258 e. The molecule has 5 nitrogen and oxygen atoms in total. The predicted octanol–water partition coefficient (Wildman–Crippen LogP) is 3.76. The van der Waals surface area contributed by atoms with E-state index < -0.39 is 0 Å². The Kier molecular flexibility index (Phi) is 6.90. The van der Waals surface area contributed by atoms with E-state index in [4.69, 9.17) is 4.74 Å². The van der Waals surface area contributed by atoms with Gasteiger partial charge >= 0.3 is 0 Å². The van der Waals surface area contributed by atoms with E-state index in [0.29, 0.717) is 18.8 Å². The summed E-state index contributed by atoms with van der Waals surface area (Å²) >= 11 is 0. The molecule has 0 atom stereocenters. The molecular formula is C23H30N2O3. The third-order valence-corrected chi connectivity index (χ3v) is 5.60. The van der Waals surface area contributed by atoms with Crippen LogP contribution in [-0.4, -0.2) is 42.5 Å². The molecular weight excluding hydrogens is 352 g/mol. The zero-order valence-electron chi connectivity index (χ0n) is 16.8. The third kappa shape index (κ3) is 5.03. The molecule has 28 heavy (non-hydrogen) atoms. The maximum absolute atomic E-state index is 12.5. The summed E-state index contributed by atoms with van der Waals surface area (Å²) in [6, 6.07) is 14.0. The number of hydrogen-bond donors (Lipinski definition) is 1. The fourth-order valence-electron chi connectivity index (χ4n) is 3.82. The number of likely N-dealkylation sites (tertiary alicyclic amines) is 1. The van der Waals surface area contributed by atoms with Crippen molar-refractivity contribution in [2.24, 2.45) is 5.92 Å². The van der Waals surface area contributed by atoms with E-state index >= 15 is 0 Å². The number of carbonyl (C=O) groups is 2. The van der Waals surface area contributed by atoms with Crippen LogP contribution in [-0.2, 0) is 9.59 Å². The van der Waals surface area contributed by atoms with Gasteiger partial charge in [-0.3, -0.25) is 9.59 Å². The molecule has 2 aromatic carbocycles. The zero-order chi connectivity index (χ0) is 19.9. The topological polar surface area (TPSA) is 58.6 Å². The maximum atomic E-state index is 12.5. The Morgan fingerprint density at radius 3 is 2.43 bits per heavy atom. The number of fused-ring (bicyclic) bond motifs is 1. The van der Waals surface area contributed by atoms with E-state index in [-0.39, 0.29) is 30.4 Å². The number of ether oxygens (including phenoxy) is 1. The Hall–Kier alpha value is -2.56. The van der Waals surface area contributed by atoms with Crippen LogP contribution in [0.15, 0.2) is 42.5 Å². The molecule has 1 fully saturated rings. The number of nitrogens with zero attached hydrogens (tertiary/aromatic N) is 1. The molecule has 2 aromatic rings. The lowest BCUT2D eigenvalue weighted by molar-refractivity contribution is -0.137. The van der Waals surface area contributed by atoms with Gasteiger partial charge in [-0.25, -0.2) is 0 Å². The second kappa shape index (κ2) is 9.58. The molecule has 1 aliphatic heterocycles. The molecule has 0 aromatic heterocycles.